The van der Waals surface area contributed by atoms with Gasteiger partial charge in [-0.2, -0.15) is 0 Å². The Morgan fingerprint density at radius 3 is 1.79 bits per heavy atom. The summed E-state index contributed by atoms with van der Waals surface area (Å²) in [5.41, 5.74) is 5.01. The highest BCUT2D eigenvalue weighted by Crippen LogP contribution is 2.35. The lowest BCUT2D eigenvalue weighted by Gasteiger charge is -2.10. The van der Waals surface area contributed by atoms with Gasteiger partial charge in [0, 0.05) is 16.5 Å². The minimum absolute atomic E-state index is 0.0291. The van der Waals surface area contributed by atoms with Crippen LogP contribution < -0.4 is 5.30 Å². The van der Waals surface area contributed by atoms with Crippen LogP contribution in [-0.4, -0.2) is 14.4 Å². The summed E-state index contributed by atoms with van der Waals surface area (Å²) >= 11 is 0. The van der Waals surface area contributed by atoms with Crippen LogP contribution in [0.2, 0.25) is 0 Å². The average Bonchev–Trinajstić information content (AvgIpc) is 3.08. The van der Waals surface area contributed by atoms with E-state index in [4.69, 9.17) is 0 Å². The van der Waals surface area contributed by atoms with Crippen molar-refractivity contribution in [2.24, 2.45) is 0 Å². The molecule has 0 bridgehead atoms. The van der Waals surface area contributed by atoms with Gasteiger partial charge in [-0.15, -0.1) is 0 Å². The Kier molecular flexibility index (Phi) is 4.14. The summed E-state index contributed by atoms with van der Waals surface area (Å²) in [6.07, 6.45) is 0. The summed E-state index contributed by atoms with van der Waals surface area (Å²) in [5, 5.41) is 2.45. The molecule has 5 heteroatoms. The van der Waals surface area contributed by atoms with Crippen molar-refractivity contribution >= 4 is 34.7 Å². The first kappa shape index (κ1) is 17.9. The predicted molar refractivity (Wildman–Crippen MR) is 118 cm³/mol. The van der Waals surface area contributed by atoms with Crippen molar-refractivity contribution in [2.75, 3.05) is 0 Å². The van der Waals surface area contributed by atoms with Crippen LogP contribution in [0.4, 0.5) is 0 Å². The number of benzene rings is 4. The molecular formula is C24H18NO3P. The van der Waals surface area contributed by atoms with Crippen molar-refractivity contribution in [3.8, 4) is 16.8 Å². The number of rotatable bonds is 3. The summed E-state index contributed by atoms with van der Waals surface area (Å²) in [6, 6.07) is 31.3. The minimum atomic E-state index is -4.27. The fourth-order valence-electron chi connectivity index (χ4n) is 3.87. The molecule has 0 aliphatic carbocycles. The topological polar surface area (TPSA) is 62.5 Å². The van der Waals surface area contributed by atoms with Gasteiger partial charge in [0.2, 0.25) is 0 Å². The van der Waals surface area contributed by atoms with Gasteiger partial charge in [-0.25, -0.2) is 0 Å². The normalized spacial score (nSPS) is 11.9. The number of hydrogen-bond acceptors (Lipinski definition) is 1. The molecule has 0 aliphatic heterocycles. The fraction of sp³-hybridized carbons (Fsp3) is 0. The van der Waals surface area contributed by atoms with Crippen LogP contribution in [0.1, 0.15) is 0 Å². The Morgan fingerprint density at radius 1 is 0.621 bits per heavy atom. The third-order valence-corrected chi connectivity index (χ3v) is 6.17. The maximum Gasteiger partial charge on any atom is 0.356 e. The average molecular weight is 399 g/mol. The number of para-hydroxylation sites is 2. The van der Waals surface area contributed by atoms with Gasteiger partial charge in [0.15, 0.2) is 0 Å². The lowest BCUT2D eigenvalue weighted by atomic mass is 10.1. The van der Waals surface area contributed by atoms with E-state index in [1.165, 1.54) is 16.8 Å². The lowest BCUT2D eigenvalue weighted by molar-refractivity contribution is 0.387. The smallest absolute Gasteiger partial charge is 0.321 e. The monoisotopic (exact) mass is 399 g/mol. The minimum Gasteiger partial charge on any atom is -0.321 e. The molecule has 0 saturated carbocycles. The van der Waals surface area contributed by atoms with E-state index in [-0.39, 0.29) is 5.30 Å². The molecule has 4 aromatic carbocycles. The van der Waals surface area contributed by atoms with Crippen molar-refractivity contribution in [3.05, 3.63) is 97.1 Å². The molecule has 0 unspecified atom stereocenters. The van der Waals surface area contributed by atoms with Crippen molar-refractivity contribution in [1.82, 2.24) is 4.57 Å². The summed E-state index contributed by atoms with van der Waals surface area (Å²) < 4.78 is 13.8. The molecule has 2 N–H and O–H groups in total. The molecule has 0 fully saturated rings. The van der Waals surface area contributed by atoms with E-state index < -0.39 is 7.60 Å². The number of nitrogens with zero attached hydrogens (tertiary/aromatic N) is 1. The molecule has 0 atom stereocenters. The van der Waals surface area contributed by atoms with Crippen molar-refractivity contribution in [3.63, 3.8) is 0 Å². The maximum absolute atomic E-state index is 11.6. The molecular weight excluding hydrogens is 381 g/mol. The molecule has 5 aromatic rings. The second-order valence-electron chi connectivity index (χ2n) is 7.01. The molecule has 0 saturated heterocycles. The second kappa shape index (κ2) is 6.71. The Morgan fingerprint density at radius 2 is 1.21 bits per heavy atom. The first-order chi connectivity index (χ1) is 14.0. The Balaban J connectivity index is 1.64. The van der Waals surface area contributed by atoms with Crippen LogP contribution in [0.25, 0.3) is 38.6 Å². The molecule has 1 aromatic heterocycles. The van der Waals surface area contributed by atoms with Gasteiger partial charge in [-0.05, 0) is 47.5 Å². The number of fused-ring (bicyclic) bond motifs is 3. The fourth-order valence-corrected chi connectivity index (χ4v) is 4.46. The molecule has 5 rings (SSSR count). The highest BCUT2D eigenvalue weighted by Gasteiger charge is 2.17. The number of aromatic nitrogens is 1. The zero-order chi connectivity index (χ0) is 20.0. The van der Waals surface area contributed by atoms with Crippen LogP contribution in [0.15, 0.2) is 97.1 Å². The standard InChI is InChI=1S/C24H18NO3P/c26-29(27,28)20-7-5-6-18(16-20)17-12-14-19(15-13-17)25-23-10-3-1-8-21(23)22-9-2-4-11-24(22)25/h1-16H,(H2,26,27,28). The van der Waals surface area contributed by atoms with Crippen molar-refractivity contribution in [1.29, 1.82) is 0 Å². The lowest BCUT2D eigenvalue weighted by Crippen LogP contribution is -2.03. The van der Waals surface area contributed by atoms with Crippen LogP contribution in [-0.2, 0) is 4.57 Å². The molecule has 0 aliphatic rings. The van der Waals surface area contributed by atoms with Gasteiger partial charge in [-0.1, -0.05) is 60.7 Å². The van der Waals surface area contributed by atoms with E-state index in [0.717, 1.165) is 27.8 Å². The summed E-state index contributed by atoms with van der Waals surface area (Å²) in [6.45, 7) is 0. The summed E-state index contributed by atoms with van der Waals surface area (Å²) in [5.74, 6) is 0. The van der Waals surface area contributed by atoms with Gasteiger partial charge in [0.05, 0.1) is 16.3 Å². The molecule has 0 amide bonds. The molecule has 0 spiro atoms. The zero-order valence-electron chi connectivity index (χ0n) is 15.4. The largest absolute Gasteiger partial charge is 0.356 e. The third kappa shape index (κ3) is 3.08. The second-order valence-corrected chi connectivity index (χ2v) is 8.62. The van der Waals surface area contributed by atoms with Gasteiger partial charge in [0.25, 0.3) is 0 Å². The van der Waals surface area contributed by atoms with E-state index in [2.05, 4.69) is 41.0 Å². The Hall–Kier alpha value is -3.17. The first-order valence-corrected chi connectivity index (χ1v) is 10.9. The van der Waals surface area contributed by atoms with Crippen LogP contribution in [0.3, 0.4) is 0 Å². The Bertz CT molecular complexity index is 1340. The summed E-state index contributed by atoms with van der Waals surface area (Å²) in [4.78, 5) is 18.9. The van der Waals surface area contributed by atoms with Gasteiger partial charge < -0.3 is 14.4 Å². The van der Waals surface area contributed by atoms with Gasteiger partial charge in [0.1, 0.15) is 0 Å². The molecule has 1 heterocycles. The van der Waals surface area contributed by atoms with Crippen LogP contribution in [0.5, 0.6) is 0 Å². The van der Waals surface area contributed by atoms with E-state index in [0.29, 0.717) is 0 Å². The van der Waals surface area contributed by atoms with Gasteiger partial charge >= 0.3 is 7.60 Å². The van der Waals surface area contributed by atoms with Crippen LogP contribution in [0, 0.1) is 0 Å². The highest BCUT2D eigenvalue weighted by atomic mass is 31.2. The van der Waals surface area contributed by atoms with E-state index in [9.17, 15) is 14.4 Å². The van der Waals surface area contributed by atoms with Crippen LogP contribution >= 0.6 is 7.60 Å². The summed E-state index contributed by atoms with van der Waals surface area (Å²) in [7, 11) is -4.27. The molecule has 0 radical (unpaired) electrons. The third-order valence-electron chi connectivity index (χ3n) is 5.22. The van der Waals surface area contributed by atoms with E-state index >= 15 is 0 Å². The Labute approximate surface area is 167 Å². The van der Waals surface area contributed by atoms with Crippen molar-refractivity contribution < 1.29 is 14.4 Å². The molecule has 29 heavy (non-hydrogen) atoms. The maximum atomic E-state index is 11.6. The van der Waals surface area contributed by atoms with E-state index in [1.807, 2.05) is 42.5 Å². The SMILES string of the molecule is O=P(O)(O)c1cccc(-c2ccc(-n3c4ccccc4c4ccccc43)cc2)c1. The predicted octanol–water partition coefficient (Wildman–Crippen LogP) is 5.25. The van der Waals surface area contributed by atoms with Gasteiger partial charge in [-0.3, -0.25) is 4.57 Å². The molecule has 142 valence electrons. The van der Waals surface area contributed by atoms with Crippen molar-refractivity contribution in [2.45, 2.75) is 0 Å². The van der Waals surface area contributed by atoms with E-state index in [1.54, 1.807) is 12.1 Å². The first-order valence-electron chi connectivity index (χ1n) is 9.27. The highest BCUT2D eigenvalue weighted by molar-refractivity contribution is 7.60. The molecule has 4 nitrogen and oxygen atoms in total. The number of hydrogen-bond donors (Lipinski definition) is 2. The quantitative estimate of drug-likeness (QED) is 0.407. The zero-order valence-corrected chi connectivity index (χ0v) is 16.3.